The Labute approximate surface area is 122 Å². The van der Waals surface area contributed by atoms with E-state index in [4.69, 9.17) is 10.5 Å². The highest BCUT2D eigenvalue weighted by Crippen LogP contribution is 2.21. The summed E-state index contributed by atoms with van der Waals surface area (Å²) in [7, 11) is 0. The second kappa shape index (κ2) is 5.46. The molecule has 0 saturated carbocycles. The molecule has 6 heteroatoms. The first kappa shape index (κ1) is 13.5. The van der Waals surface area contributed by atoms with Gasteiger partial charge in [-0.25, -0.2) is 9.97 Å². The minimum absolute atomic E-state index is 0.578. The first-order valence-corrected chi connectivity index (χ1v) is 7.63. The van der Waals surface area contributed by atoms with Gasteiger partial charge in [0, 0.05) is 19.5 Å². The number of nitrogens with zero attached hydrogens (tertiary/aromatic N) is 3. The van der Waals surface area contributed by atoms with Crippen molar-refractivity contribution in [3.05, 3.63) is 33.2 Å². The quantitative estimate of drug-likeness (QED) is 0.844. The Balaban J connectivity index is 1.96. The van der Waals surface area contributed by atoms with Crippen LogP contribution in [0, 0.1) is 13.8 Å². The minimum atomic E-state index is 0.578. The van der Waals surface area contributed by atoms with Crippen LogP contribution in [0.4, 0.5) is 5.82 Å². The van der Waals surface area contributed by atoms with Crippen molar-refractivity contribution >= 4 is 17.2 Å². The number of hydrogen-bond acceptors (Lipinski definition) is 5. The fourth-order valence-corrected chi connectivity index (χ4v) is 3.69. The average Bonchev–Trinajstić information content (AvgIpc) is 2.69. The van der Waals surface area contributed by atoms with Crippen LogP contribution in [0.5, 0.6) is 0 Å². The number of nitrogens with two attached hydrogens (primary N) is 1. The fraction of sp³-hybridized carbons (Fsp3) is 0.500. The van der Waals surface area contributed by atoms with E-state index in [-0.39, 0.29) is 0 Å². The smallest absolute Gasteiger partial charge is 0.240 e. The van der Waals surface area contributed by atoms with Crippen molar-refractivity contribution in [3.8, 4) is 0 Å². The summed E-state index contributed by atoms with van der Waals surface area (Å²) in [6.45, 7) is 6.37. The van der Waals surface area contributed by atoms with Crippen molar-refractivity contribution < 1.29 is 9.30 Å². The Morgan fingerprint density at radius 2 is 2.15 bits per heavy atom. The molecule has 0 amide bonds. The monoisotopic (exact) mass is 291 g/mol. The molecule has 2 bridgehead atoms. The highest BCUT2D eigenvalue weighted by molar-refractivity contribution is 7.11. The van der Waals surface area contributed by atoms with E-state index in [1.54, 1.807) is 0 Å². The zero-order chi connectivity index (χ0) is 14.1. The zero-order valence-corrected chi connectivity index (χ0v) is 12.7. The van der Waals surface area contributed by atoms with Crippen LogP contribution in [0.3, 0.4) is 0 Å². The molecule has 0 radical (unpaired) electrons. The van der Waals surface area contributed by atoms with Gasteiger partial charge in [-0.2, -0.15) is 4.57 Å². The lowest BCUT2D eigenvalue weighted by molar-refractivity contribution is -0.696. The van der Waals surface area contributed by atoms with Gasteiger partial charge >= 0.3 is 0 Å². The summed E-state index contributed by atoms with van der Waals surface area (Å²) in [5, 5.41) is 1.34. The van der Waals surface area contributed by atoms with Gasteiger partial charge in [0.2, 0.25) is 5.01 Å². The largest absolute Gasteiger partial charge is 0.383 e. The van der Waals surface area contributed by atoms with Crippen LogP contribution in [-0.2, 0) is 24.1 Å². The molecule has 1 aliphatic heterocycles. The molecule has 0 unspecified atom stereocenters. The number of aryl methyl sites for hydroxylation is 1. The lowest BCUT2D eigenvalue weighted by Gasteiger charge is -2.04. The third kappa shape index (κ3) is 2.53. The summed E-state index contributed by atoms with van der Waals surface area (Å²) in [6, 6.07) is 0. The lowest BCUT2D eigenvalue weighted by atomic mass is 10.2. The molecule has 3 heterocycles. The van der Waals surface area contributed by atoms with Crippen LogP contribution < -0.4 is 10.3 Å². The molecule has 0 fully saturated rings. The number of nitrogen functional groups attached to an aromatic ring is 1. The molecule has 106 valence electrons. The summed E-state index contributed by atoms with van der Waals surface area (Å²) >= 11 is 1.89. The summed E-state index contributed by atoms with van der Waals surface area (Å²) < 4.78 is 7.93. The maximum Gasteiger partial charge on any atom is 0.240 e. The van der Waals surface area contributed by atoms with E-state index in [1.807, 2.05) is 24.5 Å². The van der Waals surface area contributed by atoms with Crippen molar-refractivity contribution in [2.24, 2.45) is 0 Å². The Kier molecular flexibility index (Phi) is 3.67. The van der Waals surface area contributed by atoms with Crippen LogP contribution in [0.25, 0.3) is 0 Å². The molecule has 1 aliphatic rings. The molecule has 2 aromatic heterocycles. The second-order valence-electron chi connectivity index (χ2n) is 5.03. The lowest BCUT2D eigenvalue weighted by Crippen LogP contribution is -2.40. The summed E-state index contributed by atoms with van der Waals surface area (Å²) in [6.07, 6.45) is 3.79. The first-order valence-electron chi connectivity index (χ1n) is 6.82. The molecule has 2 aromatic rings. The number of ether oxygens (including phenoxy) is 1. The number of thiazole rings is 1. The van der Waals surface area contributed by atoms with Gasteiger partial charge in [0.25, 0.3) is 0 Å². The van der Waals surface area contributed by atoms with Crippen LogP contribution in [0.1, 0.15) is 27.0 Å². The molecule has 0 aromatic carbocycles. The summed E-state index contributed by atoms with van der Waals surface area (Å²) in [5.41, 5.74) is 8.31. The van der Waals surface area contributed by atoms with Crippen molar-refractivity contribution in [3.63, 3.8) is 0 Å². The standard InChI is InChI=1S/C14H19N4OS/c1-9-12-3-5-19-6-4-13(20-12)18(9)8-11-7-16-10(2)17-14(11)15/h7H,3-6,8H2,1-2H3,(H2,15,16,17)/q+1. The van der Waals surface area contributed by atoms with E-state index < -0.39 is 0 Å². The molecule has 0 aliphatic carbocycles. The third-order valence-corrected chi connectivity index (χ3v) is 5.04. The Morgan fingerprint density at radius 3 is 2.95 bits per heavy atom. The molecular weight excluding hydrogens is 272 g/mol. The highest BCUT2D eigenvalue weighted by Gasteiger charge is 2.25. The van der Waals surface area contributed by atoms with E-state index in [1.165, 1.54) is 15.6 Å². The number of rotatable bonds is 2. The number of fused-ring (bicyclic) bond motifs is 2. The molecule has 0 spiro atoms. The first-order chi connectivity index (χ1) is 9.65. The number of hydrogen-bond donors (Lipinski definition) is 1. The van der Waals surface area contributed by atoms with Gasteiger partial charge < -0.3 is 10.5 Å². The van der Waals surface area contributed by atoms with Gasteiger partial charge in [0.05, 0.1) is 30.1 Å². The van der Waals surface area contributed by atoms with E-state index in [0.717, 1.165) is 38.2 Å². The van der Waals surface area contributed by atoms with Crippen molar-refractivity contribution in [1.82, 2.24) is 9.97 Å². The SMILES string of the molecule is Cc1ncc(C[n+]2c3sc(c2C)CCOCC3)c(N)n1. The third-order valence-electron chi connectivity index (χ3n) is 3.63. The van der Waals surface area contributed by atoms with E-state index in [0.29, 0.717) is 11.6 Å². The summed E-state index contributed by atoms with van der Waals surface area (Å²) in [5.74, 6) is 1.29. The predicted octanol–water partition coefficient (Wildman–Crippen LogP) is 1.19. The van der Waals surface area contributed by atoms with Crippen molar-refractivity contribution in [2.45, 2.75) is 33.2 Å². The van der Waals surface area contributed by atoms with Crippen LogP contribution in [0.15, 0.2) is 6.20 Å². The highest BCUT2D eigenvalue weighted by atomic mass is 32.1. The Morgan fingerprint density at radius 1 is 1.35 bits per heavy atom. The van der Waals surface area contributed by atoms with Crippen LogP contribution >= 0.6 is 11.3 Å². The zero-order valence-electron chi connectivity index (χ0n) is 11.8. The number of aromatic nitrogens is 3. The van der Waals surface area contributed by atoms with E-state index in [9.17, 15) is 0 Å². The molecule has 3 rings (SSSR count). The van der Waals surface area contributed by atoms with Gasteiger partial charge in [-0.3, -0.25) is 0 Å². The van der Waals surface area contributed by atoms with E-state index >= 15 is 0 Å². The van der Waals surface area contributed by atoms with Crippen molar-refractivity contribution in [1.29, 1.82) is 0 Å². The molecule has 5 nitrogen and oxygen atoms in total. The van der Waals surface area contributed by atoms with Gasteiger partial charge in [0.1, 0.15) is 11.6 Å². The molecular formula is C14H19N4OS+. The predicted molar refractivity (Wildman–Crippen MR) is 77.8 cm³/mol. The van der Waals surface area contributed by atoms with Gasteiger partial charge in [-0.15, -0.1) is 0 Å². The molecule has 0 atom stereocenters. The maximum absolute atomic E-state index is 6.01. The van der Waals surface area contributed by atoms with E-state index in [2.05, 4.69) is 21.5 Å². The van der Waals surface area contributed by atoms with Gasteiger partial charge in [-0.1, -0.05) is 11.3 Å². The molecule has 20 heavy (non-hydrogen) atoms. The Hall–Kier alpha value is -1.53. The number of anilines is 1. The van der Waals surface area contributed by atoms with Crippen LogP contribution in [0.2, 0.25) is 0 Å². The Bertz CT molecular complexity index is 638. The summed E-state index contributed by atoms with van der Waals surface area (Å²) in [4.78, 5) is 9.91. The second-order valence-corrected chi connectivity index (χ2v) is 6.20. The fourth-order valence-electron chi connectivity index (χ4n) is 2.46. The van der Waals surface area contributed by atoms with Crippen LogP contribution in [-0.4, -0.2) is 23.2 Å². The molecule has 2 N–H and O–H groups in total. The molecule has 0 saturated heterocycles. The van der Waals surface area contributed by atoms with Crippen molar-refractivity contribution in [2.75, 3.05) is 18.9 Å². The average molecular weight is 291 g/mol. The van der Waals surface area contributed by atoms with Gasteiger partial charge in [-0.05, 0) is 6.92 Å². The van der Waals surface area contributed by atoms with Gasteiger partial charge in [0.15, 0.2) is 12.2 Å². The maximum atomic E-state index is 6.01. The topological polar surface area (TPSA) is 64.9 Å². The normalized spacial score (nSPS) is 14.9. The minimum Gasteiger partial charge on any atom is -0.383 e.